The molecule has 1 saturated carbocycles. The van der Waals surface area contributed by atoms with Gasteiger partial charge in [-0.05, 0) is 42.8 Å². The molecule has 0 radical (unpaired) electrons. The molecule has 0 aromatic heterocycles. The summed E-state index contributed by atoms with van der Waals surface area (Å²) < 4.78 is 8.78. The Kier molecular flexibility index (Phi) is 7.04. The van der Waals surface area contributed by atoms with Crippen molar-refractivity contribution in [3.05, 3.63) is 58.1 Å². The van der Waals surface area contributed by atoms with E-state index in [1.54, 1.807) is 31.2 Å². The number of carbonyl (C=O) groups excluding carboxylic acids is 4. The molecule has 0 spiro atoms. The number of benzene rings is 2. The van der Waals surface area contributed by atoms with Crippen LogP contribution in [0.15, 0.2) is 52.5 Å². The minimum atomic E-state index is -2.03. The molecule has 2 saturated heterocycles. The van der Waals surface area contributed by atoms with Crippen LogP contribution in [0.1, 0.15) is 12.0 Å². The molecule has 4 aliphatic rings. The van der Waals surface area contributed by atoms with Gasteiger partial charge in [-0.3, -0.25) is 19.2 Å². The maximum Gasteiger partial charge on any atom is 0.316 e. The van der Waals surface area contributed by atoms with Crippen LogP contribution in [0, 0.1) is 24.7 Å². The molecule has 2 heterocycles. The van der Waals surface area contributed by atoms with Crippen molar-refractivity contribution in [3.63, 3.8) is 0 Å². The third kappa shape index (κ3) is 3.75. The number of amides is 3. The number of rotatable bonds is 5. The van der Waals surface area contributed by atoms with Gasteiger partial charge in [0.25, 0.3) is 0 Å². The standard InChI is InChI=1S/C28H20Cl6N2O6/c1-12-8-16(42-25(40)13-9-18(37)35(11-13)14-4-3-5-15(10-14)41-2)6-7-17(12)36-23(38)19-20(24(36)39)27(32)22(30)21(29)26(19,31)28(27,33)34/h3-8,10,13,19-20H,9,11H2,1-2H3/t13-,19-,20+,26+,27+/m0/s1. The average molecular weight is 693 g/mol. The van der Waals surface area contributed by atoms with Gasteiger partial charge in [0.15, 0.2) is 4.33 Å². The maximum atomic E-state index is 13.7. The fourth-order valence-corrected chi connectivity index (χ4v) is 9.20. The topological polar surface area (TPSA) is 93.2 Å². The summed E-state index contributed by atoms with van der Waals surface area (Å²) >= 11 is 39.4. The quantitative estimate of drug-likeness (QED) is 0.167. The van der Waals surface area contributed by atoms with Crippen LogP contribution in [0.2, 0.25) is 0 Å². The summed E-state index contributed by atoms with van der Waals surface area (Å²) in [6.45, 7) is 1.78. The van der Waals surface area contributed by atoms with Crippen molar-refractivity contribution >= 4 is 105 Å². The van der Waals surface area contributed by atoms with Crippen molar-refractivity contribution < 1.29 is 28.7 Å². The summed E-state index contributed by atoms with van der Waals surface area (Å²) in [6, 6.07) is 11.4. The molecular formula is C28H20Cl6N2O6. The predicted octanol–water partition coefficient (Wildman–Crippen LogP) is 5.91. The van der Waals surface area contributed by atoms with E-state index < -0.39 is 49.6 Å². The van der Waals surface area contributed by atoms with Gasteiger partial charge in [-0.15, -0.1) is 23.2 Å². The zero-order chi connectivity index (χ0) is 30.5. The Morgan fingerprint density at radius 2 is 1.52 bits per heavy atom. The predicted molar refractivity (Wildman–Crippen MR) is 160 cm³/mol. The first-order valence-corrected chi connectivity index (χ1v) is 14.9. The molecule has 14 heteroatoms. The monoisotopic (exact) mass is 690 g/mol. The summed E-state index contributed by atoms with van der Waals surface area (Å²) in [5.74, 6) is -4.67. The van der Waals surface area contributed by atoms with Gasteiger partial charge in [0.1, 0.15) is 21.2 Å². The van der Waals surface area contributed by atoms with Gasteiger partial charge in [-0.2, -0.15) is 0 Å². The smallest absolute Gasteiger partial charge is 0.316 e. The van der Waals surface area contributed by atoms with E-state index in [0.717, 1.165) is 4.90 Å². The summed E-state index contributed by atoms with van der Waals surface area (Å²) in [7, 11) is 1.53. The number of esters is 1. The fourth-order valence-electron chi connectivity index (χ4n) is 6.27. The van der Waals surface area contributed by atoms with Crippen LogP contribution < -0.4 is 19.3 Å². The van der Waals surface area contributed by atoms with Crippen LogP contribution in [0.5, 0.6) is 11.5 Å². The Morgan fingerprint density at radius 1 is 0.905 bits per heavy atom. The van der Waals surface area contributed by atoms with Gasteiger partial charge < -0.3 is 14.4 Å². The highest BCUT2D eigenvalue weighted by Gasteiger charge is 2.87. The maximum absolute atomic E-state index is 13.7. The van der Waals surface area contributed by atoms with Gasteiger partial charge in [-0.1, -0.05) is 52.5 Å². The molecular weight excluding hydrogens is 673 g/mol. The number of fused-ring (bicyclic) bond motifs is 5. The second kappa shape index (κ2) is 9.91. The molecule has 3 amide bonds. The van der Waals surface area contributed by atoms with E-state index in [1.165, 1.54) is 30.2 Å². The SMILES string of the molecule is COc1cccc(N2C[C@@H](C(=O)Oc3ccc(N4C(=O)[C@@H]5[C@H](C4=O)[C@@]4(Cl)C(Cl)=C(Cl)[C@@]5(Cl)C4(Cl)Cl)c(C)c3)CC2=O)c1. The number of aryl methyl sites for hydroxylation is 1. The van der Waals surface area contributed by atoms with E-state index in [2.05, 4.69) is 0 Å². The van der Waals surface area contributed by atoms with Crippen molar-refractivity contribution in [2.24, 2.45) is 17.8 Å². The highest BCUT2D eigenvalue weighted by Crippen LogP contribution is 2.77. The second-order valence-corrected chi connectivity index (χ2v) is 13.8. The highest BCUT2D eigenvalue weighted by atomic mass is 35.5. The van der Waals surface area contributed by atoms with Crippen LogP contribution in [0.25, 0.3) is 0 Å². The van der Waals surface area contributed by atoms with Crippen molar-refractivity contribution in [2.75, 3.05) is 23.5 Å². The first kappa shape index (κ1) is 29.9. The number of ether oxygens (including phenoxy) is 2. The number of nitrogens with zero attached hydrogens (tertiary/aromatic N) is 2. The number of carbonyl (C=O) groups is 4. The molecule has 8 nitrogen and oxygen atoms in total. The Morgan fingerprint density at radius 3 is 2.10 bits per heavy atom. The Balaban J connectivity index is 1.21. The third-order valence-electron chi connectivity index (χ3n) is 8.36. The number of anilines is 2. The number of hydrogen-bond donors (Lipinski definition) is 0. The van der Waals surface area contributed by atoms with Crippen LogP contribution >= 0.6 is 69.6 Å². The molecule has 2 aliphatic heterocycles. The number of methoxy groups -OCH3 is 1. The zero-order valence-electron chi connectivity index (χ0n) is 21.8. The average Bonchev–Trinajstić information content (AvgIpc) is 3.54. The largest absolute Gasteiger partial charge is 0.497 e. The molecule has 0 N–H and O–H groups in total. The van der Waals surface area contributed by atoms with Gasteiger partial charge in [0.2, 0.25) is 17.7 Å². The van der Waals surface area contributed by atoms with E-state index >= 15 is 0 Å². The molecule has 0 unspecified atom stereocenters. The Hall–Kier alpha value is -2.20. The third-order valence-corrected chi connectivity index (χ3v) is 12.6. The Labute approximate surface area is 270 Å². The first-order valence-electron chi connectivity index (χ1n) is 12.7. The molecule has 2 aromatic carbocycles. The van der Waals surface area contributed by atoms with Crippen molar-refractivity contribution in [1.29, 1.82) is 0 Å². The fraction of sp³-hybridized carbons (Fsp3) is 0.357. The highest BCUT2D eigenvalue weighted by molar-refractivity contribution is 6.67. The lowest BCUT2D eigenvalue weighted by Crippen LogP contribution is -2.50. The molecule has 42 heavy (non-hydrogen) atoms. The molecule has 2 aromatic rings. The van der Waals surface area contributed by atoms with E-state index in [0.29, 0.717) is 17.0 Å². The van der Waals surface area contributed by atoms with Gasteiger partial charge in [0.05, 0.1) is 40.6 Å². The second-order valence-electron chi connectivity index (χ2n) is 10.6. The van der Waals surface area contributed by atoms with E-state index in [1.807, 2.05) is 0 Å². The number of alkyl halides is 4. The molecule has 2 aliphatic carbocycles. The number of allylic oxidation sites excluding steroid dienone is 2. The lowest BCUT2D eigenvalue weighted by molar-refractivity contribution is -0.139. The number of hydrogen-bond acceptors (Lipinski definition) is 6. The number of imide groups is 1. The van der Waals surface area contributed by atoms with E-state index in [4.69, 9.17) is 79.1 Å². The summed E-state index contributed by atoms with van der Waals surface area (Å²) in [5.41, 5.74) is 1.28. The minimum Gasteiger partial charge on any atom is -0.497 e. The molecule has 5 atom stereocenters. The summed E-state index contributed by atoms with van der Waals surface area (Å²) in [4.78, 5) is 51.6. The van der Waals surface area contributed by atoms with Crippen molar-refractivity contribution in [3.8, 4) is 11.5 Å². The number of halogens is 6. The Bertz CT molecular complexity index is 1580. The van der Waals surface area contributed by atoms with Crippen LogP contribution in [0.4, 0.5) is 11.4 Å². The lowest BCUT2D eigenvalue weighted by atomic mass is 9.84. The molecule has 220 valence electrons. The summed E-state index contributed by atoms with van der Waals surface area (Å²) in [5, 5.41) is -0.353. The summed E-state index contributed by atoms with van der Waals surface area (Å²) in [6.07, 6.45) is -0.0190. The van der Waals surface area contributed by atoms with Crippen LogP contribution in [-0.4, -0.2) is 51.4 Å². The van der Waals surface area contributed by atoms with Gasteiger partial charge >= 0.3 is 5.97 Å². The van der Waals surface area contributed by atoms with E-state index in [9.17, 15) is 19.2 Å². The molecule has 6 rings (SSSR count). The zero-order valence-corrected chi connectivity index (χ0v) is 26.3. The van der Waals surface area contributed by atoms with Gasteiger partial charge in [0, 0.05) is 24.7 Å². The lowest BCUT2D eigenvalue weighted by Gasteiger charge is -2.34. The van der Waals surface area contributed by atoms with E-state index in [-0.39, 0.29) is 40.4 Å². The van der Waals surface area contributed by atoms with Crippen LogP contribution in [-0.2, 0) is 19.2 Å². The molecule has 3 fully saturated rings. The van der Waals surface area contributed by atoms with Crippen LogP contribution in [0.3, 0.4) is 0 Å². The molecule has 2 bridgehead atoms. The van der Waals surface area contributed by atoms with Gasteiger partial charge in [-0.25, -0.2) is 4.90 Å². The first-order chi connectivity index (χ1) is 19.7. The minimum absolute atomic E-state index is 0.0190. The van der Waals surface area contributed by atoms with Crippen molar-refractivity contribution in [1.82, 2.24) is 0 Å². The van der Waals surface area contributed by atoms with Crippen molar-refractivity contribution in [2.45, 2.75) is 27.4 Å². The normalized spacial score (nSPS) is 31.3.